The molecule has 1 aromatic heterocycles. The summed E-state index contributed by atoms with van der Waals surface area (Å²) in [4.78, 5) is 29.6. The molecule has 0 fully saturated rings. The van der Waals surface area contributed by atoms with Gasteiger partial charge in [0.05, 0.1) is 36.1 Å². The van der Waals surface area contributed by atoms with Crippen LogP contribution in [0.1, 0.15) is 27.6 Å². The molecule has 6 heteroatoms. The van der Waals surface area contributed by atoms with Gasteiger partial charge in [-0.15, -0.1) is 0 Å². The predicted octanol–water partition coefficient (Wildman–Crippen LogP) is 5.34. The first kappa shape index (κ1) is 21.1. The van der Waals surface area contributed by atoms with E-state index in [4.69, 9.17) is 14.5 Å². The SMILES string of the molecule is CCOc1ccccc1-c1cc(C(=O)Nc2ccc(C(=O)OC)cc2)c2ccccc2n1. The summed E-state index contributed by atoms with van der Waals surface area (Å²) in [5.41, 5.74) is 3.65. The molecule has 1 N–H and O–H groups in total. The van der Waals surface area contributed by atoms with E-state index in [9.17, 15) is 9.59 Å². The Morgan fingerprint density at radius 1 is 0.938 bits per heavy atom. The Balaban J connectivity index is 1.73. The van der Waals surface area contributed by atoms with Crippen molar-refractivity contribution in [3.8, 4) is 17.0 Å². The van der Waals surface area contributed by atoms with Crippen LogP contribution < -0.4 is 10.1 Å². The third-order valence-electron chi connectivity index (χ3n) is 4.99. The summed E-state index contributed by atoms with van der Waals surface area (Å²) < 4.78 is 10.5. The number of fused-ring (bicyclic) bond motifs is 1. The second-order valence-electron chi connectivity index (χ2n) is 7.02. The van der Waals surface area contributed by atoms with Crippen molar-refractivity contribution >= 4 is 28.5 Å². The number of para-hydroxylation sites is 2. The lowest BCUT2D eigenvalue weighted by Crippen LogP contribution is -2.13. The Labute approximate surface area is 185 Å². The van der Waals surface area contributed by atoms with Crippen LogP contribution in [-0.2, 0) is 4.74 Å². The number of methoxy groups -OCH3 is 1. The molecule has 4 aromatic rings. The molecule has 1 heterocycles. The van der Waals surface area contributed by atoms with E-state index >= 15 is 0 Å². The first-order valence-corrected chi connectivity index (χ1v) is 10.2. The fourth-order valence-corrected chi connectivity index (χ4v) is 3.47. The van der Waals surface area contributed by atoms with Gasteiger partial charge in [-0.1, -0.05) is 30.3 Å². The highest BCUT2D eigenvalue weighted by atomic mass is 16.5. The summed E-state index contributed by atoms with van der Waals surface area (Å²) in [6, 6.07) is 23.5. The lowest BCUT2D eigenvalue weighted by Gasteiger charge is -2.13. The van der Waals surface area contributed by atoms with Crippen LogP contribution in [0.3, 0.4) is 0 Å². The summed E-state index contributed by atoms with van der Waals surface area (Å²) in [6.45, 7) is 2.45. The number of pyridine rings is 1. The van der Waals surface area contributed by atoms with Gasteiger partial charge >= 0.3 is 5.97 Å². The average molecular weight is 426 g/mol. The summed E-state index contributed by atoms with van der Waals surface area (Å²) in [6.07, 6.45) is 0. The van der Waals surface area contributed by atoms with Crippen LogP contribution in [0.2, 0.25) is 0 Å². The molecule has 0 radical (unpaired) electrons. The predicted molar refractivity (Wildman–Crippen MR) is 124 cm³/mol. The monoisotopic (exact) mass is 426 g/mol. The van der Waals surface area contributed by atoms with Crippen LogP contribution in [0.5, 0.6) is 5.75 Å². The summed E-state index contributed by atoms with van der Waals surface area (Å²) in [5, 5.41) is 3.65. The molecule has 3 aromatic carbocycles. The van der Waals surface area contributed by atoms with Crippen molar-refractivity contribution in [2.75, 3.05) is 19.0 Å². The van der Waals surface area contributed by atoms with Gasteiger partial charge in [-0.25, -0.2) is 9.78 Å². The number of benzene rings is 3. The zero-order valence-electron chi connectivity index (χ0n) is 17.8. The first-order valence-electron chi connectivity index (χ1n) is 10.2. The van der Waals surface area contributed by atoms with E-state index in [2.05, 4.69) is 5.32 Å². The number of hydrogen-bond acceptors (Lipinski definition) is 5. The van der Waals surface area contributed by atoms with Gasteiger partial charge in [-0.05, 0) is 55.5 Å². The lowest BCUT2D eigenvalue weighted by atomic mass is 10.0. The molecule has 0 aliphatic carbocycles. The Morgan fingerprint density at radius 3 is 2.41 bits per heavy atom. The largest absolute Gasteiger partial charge is 0.493 e. The van der Waals surface area contributed by atoms with Crippen molar-refractivity contribution in [3.63, 3.8) is 0 Å². The number of nitrogens with one attached hydrogen (secondary N) is 1. The highest BCUT2D eigenvalue weighted by Crippen LogP contribution is 2.32. The van der Waals surface area contributed by atoms with Crippen molar-refractivity contribution in [1.29, 1.82) is 0 Å². The van der Waals surface area contributed by atoms with Crippen LogP contribution in [0.15, 0.2) is 78.9 Å². The minimum atomic E-state index is -0.430. The van der Waals surface area contributed by atoms with Gasteiger partial charge in [0.25, 0.3) is 5.91 Å². The molecule has 1 amide bonds. The van der Waals surface area contributed by atoms with Crippen LogP contribution in [0.4, 0.5) is 5.69 Å². The maximum Gasteiger partial charge on any atom is 0.337 e. The molecule has 6 nitrogen and oxygen atoms in total. The zero-order valence-corrected chi connectivity index (χ0v) is 17.8. The summed E-state index contributed by atoms with van der Waals surface area (Å²) in [5.74, 6) is 0.00714. The zero-order chi connectivity index (χ0) is 22.5. The number of ether oxygens (including phenoxy) is 2. The third kappa shape index (κ3) is 4.30. The standard InChI is InChI=1S/C26H22N2O4/c1-3-32-24-11-7-5-9-20(24)23-16-21(19-8-4-6-10-22(19)28-23)25(29)27-18-14-12-17(13-15-18)26(30)31-2/h4-16H,3H2,1-2H3,(H,27,29). The molecular weight excluding hydrogens is 404 g/mol. The summed E-state index contributed by atoms with van der Waals surface area (Å²) in [7, 11) is 1.33. The topological polar surface area (TPSA) is 77.5 Å². The third-order valence-corrected chi connectivity index (χ3v) is 4.99. The normalized spacial score (nSPS) is 10.6. The van der Waals surface area contributed by atoms with Gasteiger partial charge in [0.2, 0.25) is 0 Å². The molecule has 0 unspecified atom stereocenters. The lowest BCUT2D eigenvalue weighted by molar-refractivity contribution is 0.0600. The number of anilines is 1. The van der Waals surface area contributed by atoms with Gasteiger partial charge in [0.1, 0.15) is 5.75 Å². The van der Waals surface area contributed by atoms with Gasteiger partial charge in [0.15, 0.2) is 0 Å². The Hall–Kier alpha value is -4.19. The van der Waals surface area contributed by atoms with Crippen LogP contribution in [0, 0.1) is 0 Å². The van der Waals surface area contributed by atoms with Crippen molar-refractivity contribution in [3.05, 3.63) is 90.0 Å². The smallest absolute Gasteiger partial charge is 0.337 e. The van der Waals surface area contributed by atoms with Crippen LogP contribution in [0.25, 0.3) is 22.2 Å². The number of amides is 1. The molecule has 0 spiro atoms. The Kier molecular flexibility index (Phi) is 6.12. The molecule has 0 aliphatic heterocycles. The number of aromatic nitrogens is 1. The van der Waals surface area contributed by atoms with Crippen molar-refractivity contribution in [1.82, 2.24) is 4.98 Å². The Morgan fingerprint density at radius 2 is 1.66 bits per heavy atom. The number of esters is 1. The molecule has 32 heavy (non-hydrogen) atoms. The molecule has 0 aliphatic rings. The maximum atomic E-state index is 13.2. The second kappa shape index (κ2) is 9.31. The quantitative estimate of drug-likeness (QED) is 0.421. The van der Waals surface area contributed by atoms with E-state index in [1.807, 2.05) is 55.5 Å². The van der Waals surface area contributed by atoms with Gasteiger partial charge in [0, 0.05) is 16.6 Å². The molecular formula is C26H22N2O4. The van der Waals surface area contributed by atoms with Gasteiger partial charge in [-0.3, -0.25) is 4.79 Å². The van der Waals surface area contributed by atoms with E-state index in [0.29, 0.717) is 40.4 Å². The Bertz CT molecular complexity index is 1280. The van der Waals surface area contributed by atoms with E-state index < -0.39 is 5.97 Å². The minimum Gasteiger partial charge on any atom is -0.493 e. The van der Waals surface area contributed by atoms with E-state index in [1.165, 1.54) is 7.11 Å². The first-order chi connectivity index (χ1) is 15.6. The van der Waals surface area contributed by atoms with Gasteiger partial charge < -0.3 is 14.8 Å². The average Bonchev–Trinajstić information content (AvgIpc) is 2.84. The van der Waals surface area contributed by atoms with Gasteiger partial charge in [-0.2, -0.15) is 0 Å². The fourth-order valence-electron chi connectivity index (χ4n) is 3.47. The van der Waals surface area contributed by atoms with Crippen LogP contribution in [-0.4, -0.2) is 30.6 Å². The van der Waals surface area contributed by atoms with Crippen molar-refractivity contribution in [2.24, 2.45) is 0 Å². The van der Waals surface area contributed by atoms with Crippen molar-refractivity contribution in [2.45, 2.75) is 6.92 Å². The van der Waals surface area contributed by atoms with E-state index in [-0.39, 0.29) is 5.91 Å². The minimum absolute atomic E-state index is 0.274. The summed E-state index contributed by atoms with van der Waals surface area (Å²) >= 11 is 0. The number of rotatable bonds is 6. The molecule has 0 bridgehead atoms. The van der Waals surface area contributed by atoms with Crippen molar-refractivity contribution < 1.29 is 19.1 Å². The molecule has 0 saturated heterocycles. The van der Waals surface area contributed by atoms with E-state index in [0.717, 1.165) is 10.9 Å². The van der Waals surface area contributed by atoms with E-state index in [1.54, 1.807) is 30.3 Å². The number of nitrogens with zero attached hydrogens (tertiary/aromatic N) is 1. The molecule has 0 atom stereocenters. The second-order valence-corrected chi connectivity index (χ2v) is 7.02. The van der Waals surface area contributed by atoms with Crippen LogP contribution >= 0.6 is 0 Å². The highest BCUT2D eigenvalue weighted by molar-refractivity contribution is 6.13. The molecule has 160 valence electrons. The number of hydrogen-bond donors (Lipinski definition) is 1. The fraction of sp³-hybridized carbons (Fsp3) is 0.115. The maximum absolute atomic E-state index is 13.2. The molecule has 4 rings (SSSR count). The highest BCUT2D eigenvalue weighted by Gasteiger charge is 2.16. The molecule has 0 saturated carbocycles. The number of carbonyl (C=O) groups is 2. The number of carbonyl (C=O) groups excluding carboxylic acids is 2.